The lowest BCUT2D eigenvalue weighted by Gasteiger charge is -2.22. The zero-order valence-electron chi connectivity index (χ0n) is 11.6. The highest BCUT2D eigenvalue weighted by molar-refractivity contribution is 7.99. The van der Waals surface area contributed by atoms with Crippen LogP contribution in [0.25, 0.3) is 0 Å². The standard InChI is InChI=1S/C11H17N5O3S/c1-11(2,9(18)19-3)12-8(17)6-20-10-13-14-15-16(10)7-4-5-7/h7H,4-6H2,1-3H3,(H,12,17). The molecule has 1 aliphatic carbocycles. The highest BCUT2D eigenvalue weighted by atomic mass is 32.2. The third-order valence-corrected chi connectivity index (χ3v) is 3.77. The van der Waals surface area contributed by atoms with Gasteiger partial charge in [-0.1, -0.05) is 11.8 Å². The summed E-state index contributed by atoms with van der Waals surface area (Å²) in [5.41, 5.74) is -1.05. The molecule has 20 heavy (non-hydrogen) atoms. The second-order valence-corrected chi connectivity index (χ2v) is 6.03. The van der Waals surface area contributed by atoms with Gasteiger partial charge < -0.3 is 10.1 Å². The van der Waals surface area contributed by atoms with Crippen LogP contribution >= 0.6 is 11.8 Å². The number of nitrogens with one attached hydrogen (secondary N) is 1. The summed E-state index contributed by atoms with van der Waals surface area (Å²) in [5.74, 6) is -0.609. The van der Waals surface area contributed by atoms with Crippen LogP contribution in [0.15, 0.2) is 5.16 Å². The predicted molar refractivity (Wildman–Crippen MR) is 71.0 cm³/mol. The van der Waals surface area contributed by atoms with E-state index >= 15 is 0 Å². The Morgan fingerprint density at radius 1 is 1.50 bits per heavy atom. The number of hydrogen-bond donors (Lipinski definition) is 1. The van der Waals surface area contributed by atoms with Crippen molar-refractivity contribution in [3.8, 4) is 0 Å². The maximum atomic E-state index is 11.9. The van der Waals surface area contributed by atoms with Crippen molar-refractivity contribution in [1.82, 2.24) is 25.5 Å². The summed E-state index contributed by atoms with van der Waals surface area (Å²) < 4.78 is 6.37. The van der Waals surface area contributed by atoms with Crippen molar-refractivity contribution in [2.24, 2.45) is 0 Å². The molecule has 9 heteroatoms. The molecule has 1 aromatic heterocycles. The van der Waals surface area contributed by atoms with Crippen molar-refractivity contribution in [1.29, 1.82) is 0 Å². The molecule has 0 bridgehead atoms. The van der Waals surface area contributed by atoms with E-state index < -0.39 is 11.5 Å². The van der Waals surface area contributed by atoms with Crippen LogP contribution in [0.1, 0.15) is 32.7 Å². The molecular formula is C11H17N5O3S. The van der Waals surface area contributed by atoms with Crippen molar-refractivity contribution in [2.75, 3.05) is 12.9 Å². The number of carbonyl (C=O) groups is 2. The molecule has 0 radical (unpaired) electrons. The first-order chi connectivity index (χ1) is 9.44. The number of thioether (sulfide) groups is 1. The first-order valence-electron chi connectivity index (χ1n) is 6.24. The van der Waals surface area contributed by atoms with E-state index in [1.807, 2.05) is 0 Å². The number of ether oxygens (including phenoxy) is 1. The van der Waals surface area contributed by atoms with E-state index in [2.05, 4.69) is 25.6 Å². The molecule has 8 nitrogen and oxygen atoms in total. The number of esters is 1. The average molecular weight is 299 g/mol. The van der Waals surface area contributed by atoms with Gasteiger partial charge in [0.2, 0.25) is 11.1 Å². The Kier molecular flexibility index (Phi) is 4.26. The van der Waals surface area contributed by atoms with Crippen LogP contribution in [0.4, 0.5) is 0 Å². The molecule has 0 saturated heterocycles. The smallest absolute Gasteiger partial charge is 0.330 e. The number of tetrazole rings is 1. The normalized spacial score (nSPS) is 14.9. The summed E-state index contributed by atoms with van der Waals surface area (Å²) in [6.45, 7) is 3.19. The number of rotatable bonds is 6. The van der Waals surface area contributed by atoms with Gasteiger partial charge in [-0.2, -0.15) is 0 Å². The average Bonchev–Trinajstić information content (AvgIpc) is 3.13. The molecule has 1 saturated carbocycles. The Bertz CT molecular complexity index is 512. The third kappa shape index (κ3) is 3.47. The molecule has 1 fully saturated rings. The van der Waals surface area contributed by atoms with Gasteiger partial charge in [0.25, 0.3) is 0 Å². The van der Waals surface area contributed by atoms with Crippen molar-refractivity contribution in [2.45, 2.75) is 43.4 Å². The summed E-state index contributed by atoms with van der Waals surface area (Å²) in [6.07, 6.45) is 2.14. The fraction of sp³-hybridized carbons (Fsp3) is 0.727. The maximum absolute atomic E-state index is 11.9. The van der Waals surface area contributed by atoms with Gasteiger partial charge in [0.1, 0.15) is 5.54 Å². The monoisotopic (exact) mass is 299 g/mol. The minimum absolute atomic E-state index is 0.146. The zero-order valence-corrected chi connectivity index (χ0v) is 12.4. The first kappa shape index (κ1) is 14.8. The van der Waals surface area contributed by atoms with Crippen LogP contribution < -0.4 is 5.32 Å². The van der Waals surface area contributed by atoms with Crippen molar-refractivity contribution < 1.29 is 14.3 Å². The van der Waals surface area contributed by atoms with Crippen LogP contribution in [-0.4, -0.2) is 50.5 Å². The van der Waals surface area contributed by atoms with Crippen LogP contribution in [0.2, 0.25) is 0 Å². The molecule has 1 aliphatic rings. The van der Waals surface area contributed by atoms with Gasteiger partial charge in [0, 0.05) is 0 Å². The Balaban J connectivity index is 1.86. The summed E-state index contributed by atoms with van der Waals surface area (Å²) in [7, 11) is 1.29. The van der Waals surface area contributed by atoms with Gasteiger partial charge in [-0.05, 0) is 37.1 Å². The van der Waals surface area contributed by atoms with Gasteiger partial charge in [0.05, 0.1) is 18.9 Å². The molecule has 110 valence electrons. The number of amides is 1. The van der Waals surface area contributed by atoms with E-state index in [-0.39, 0.29) is 11.7 Å². The largest absolute Gasteiger partial charge is 0.467 e. The van der Waals surface area contributed by atoms with E-state index in [9.17, 15) is 9.59 Å². The van der Waals surface area contributed by atoms with Crippen LogP contribution in [-0.2, 0) is 14.3 Å². The molecular weight excluding hydrogens is 282 g/mol. The minimum atomic E-state index is -1.05. The first-order valence-corrected chi connectivity index (χ1v) is 7.22. The number of aromatic nitrogens is 4. The van der Waals surface area contributed by atoms with Crippen LogP contribution in [0.3, 0.4) is 0 Å². The topological polar surface area (TPSA) is 99.0 Å². The zero-order chi connectivity index (χ0) is 14.8. The fourth-order valence-electron chi connectivity index (χ4n) is 1.65. The van der Waals surface area contributed by atoms with E-state index in [1.165, 1.54) is 18.9 Å². The number of nitrogens with zero attached hydrogens (tertiary/aromatic N) is 4. The van der Waals surface area contributed by atoms with Crippen molar-refractivity contribution >= 4 is 23.6 Å². The molecule has 0 aromatic carbocycles. The van der Waals surface area contributed by atoms with Gasteiger partial charge in [0.15, 0.2) is 0 Å². The Labute approximate surface area is 120 Å². The summed E-state index contributed by atoms with van der Waals surface area (Å²) in [6, 6.07) is 0.363. The number of methoxy groups -OCH3 is 1. The van der Waals surface area contributed by atoms with Gasteiger partial charge >= 0.3 is 5.97 Å². The molecule has 0 unspecified atom stereocenters. The van der Waals surface area contributed by atoms with E-state index in [1.54, 1.807) is 18.5 Å². The molecule has 2 rings (SSSR count). The van der Waals surface area contributed by atoms with Crippen LogP contribution in [0.5, 0.6) is 0 Å². The lowest BCUT2D eigenvalue weighted by Crippen LogP contribution is -2.50. The number of carbonyl (C=O) groups excluding carboxylic acids is 2. The van der Waals surface area contributed by atoms with Crippen molar-refractivity contribution in [3.05, 3.63) is 0 Å². The van der Waals surface area contributed by atoms with Gasteiger partial charge in [-0.3, -0.25) is 4.79 Å². The van der Waals surface area contributed by atoms with Gasteiger partial charge in [-0.25, -0.2) is 9.48 Å². The SMILES string of the molecule is COC(=O)C(C)(C)NC(=O)CSc1nnnn1C1CC1. The fourth-order valence-corrected chi connectivity index (χ4v) is 2.39. The second-order valence-electron chi connectivity index (χ2n) is 5.09. The quantitative estimate of drug-likeness (QED) is 0.590. The number of hydrogen-bond acceptors (Lipinski definition) is 7. The highest BCUT2D eigenvalue weighted by Crippen LogP contribution is 2.36. The van der Waals surface area contributed by atoms with Crippen LogP contribution in [0, 0.1) is 0 Å². The molecule has 1 amide bonds. The third-order valence-electron chi connectivity index (χ3n) is 2.84. The molecule has 1 N–H and O–H groups in total. The van der Waals surface area contributed by atoms with Crippen molar-refractivity contribution in [3.63, 3.8) is 0 Å². The lowest BCUT2D eigenvalue weighted by atomic mass is 10.1. The Hall–Kier alpha value is -1.64. The molecule has 0 spiro atoms. The summed E-state index contributed by atoms with van der Waals surface area (Å²) >= 11 is 1.25. The Morgan fingerprint density at radius 3 is 2.80 bits per heavy atom. The van der Waals surface area contributed by atoms with E-state index in [0.717, 1.165) is 12.8 Å². The second kappa shape index (κ2) is 5.78. The van der Waals surface area contributed by atoms with E-state index in [0.29, 0.717) is 11.2 Å². The minimum Gasteiger partial charge on any atom is -0.467 e. The van der Waals surface area contributed by atoms with E-state index in [4.69, 9.17) is 0 Å². The Morgan fingerprint density at radius 2 is 2.20 bits per heavy atom. The maximum Gasteiger partial charge on any atom is 0.330 e. The lowest BCUT2D eigenvalue weighted by molar-refractivity contribution is -0.149. The predicted octanol–water partition coefficient (Wildman–Crippen LogP) is 0.168. The molecule has 0 aliphatic heterocycles. The molecule has 0 atom stereocenters. The summed E-state index contributed by atoms with van der Waals surface area (Å²) in [4.78, 5) is 23.3. The summed E-state index contributed by atoms with van der Waals surface area (Å²) in [5, 5.41) is 14.7. The highest BCUT2D eigenvalue weighted by Gasteiger charge is 2.31. The molecule has 1 heterocycles. The van der Waals surface area contributed by atoms with Gasteiger partial charge in [-0.15, -0.1) is 5.10 Å². The molecule has 1 aromatic rings.